The Morgan fingerprint density at radius 2 is 1.30 bits per heavy atom. The molecule has 13 nitrogen and oxygen atoms in total. The van der Waals surface area contributed by atoms with Crippen LogP contribution in [0.4, 0.5) is 17.1 Å². The zero-order valence-electron chi connectivity index (χ0n) is 9.32. The Morgan fingerprint density at radius 1 is 0.850 bits per heavy atom. The molecule has 0 amide bonds. The van der Waals surface area contributed by atoms with Gasteiger partial charge in [0.05, 0.1) is 26.9 Å². The van der Waals surface area contributed by atoms with Crippen LogP contribution in [-0.2, 0) is 11.4 Å². The van der Waals surface area contributed by atoms with Gasteiger partial charge in [0.1, 0.15) is 12.2 Å². The van der Waals surface area contributed by atoms with Gasteiger partial charge in [-0.15, -0.1) is 10.1 Å². The van der Waals surface area contributed by atoms with Gasteiger partial charge in [-0.1, -0.05) is 0 Å². The standard InChI is InChI=1S/C7H4N4O9/c12-8(13)4-1-6(9(14)15)5(3-20-11(18)19)7(2-4)10(16)17/h1-2H,3H2. The van der Waals surface area contributed by atoms with Crippen molar-refractivity contribution in [3.8, 4) is 0 Å². The molecule has 0 saturated carbocycles. The van der Waals surface area contributed by atoms with Gasteiger partial charge in [0.25, 0.3) is 22.1 Å². The van der Waals surface area contributed by atoms with E-state index in [1.54, 1.807) is 0 Å². The Bertz CT molecular complexity index is 577. The first kappa shape index (κ1) is 14.7. The summed E-state index contributed by atoms with van der Waals surface area (Å²) in [4.78, 5) is 42.6. The maximum Gasteiger partial charge on any atom is 0.294 e. The van der Waals surface area contributed by atoms with Gasteiger partial charge < -0.3 is 4.84 Å². The Balaban J connectivity index is 3.50. The van der Waals surface area contributed by atoms with Gasteiger partial charge in [-0.3, -0.25) is 30.3 Å². The largest absolute Gasteiger partial charge is 0.309 e. The summed E-state index contributed by atoms with van der Waals surface area (Å²) < 4.78 is 0. The topological polar surface area (TPSA) is 182 Å². The second-order valence-corrected chi connectivity index (χ2v) is 3.23. The molecule has 1 aromatic rings. The lowest BCUT2D eigenvalue weighted by Gasteiger charge is -2.03. The molecule has 0 fully saturated rings. The molecule has 0 heterocycles. The average molecular weight is 288 g/mol. The molecule has 0 aromatic heterocycles. The van der Waals surface area contributed by atoms with Crippen molar-refractivity contribution in [3.05, 3.63) is 58.2 Å². The van der Waals surface area contributed by atoms with Crippen LogP contribution in [0, 0.1) is 40.5 Å². The van der Waals surface area contributed by atoms with E-state index in [0.29, 0.717) is 12.1 Å². The van der Waals surface area contributed by atoms with Crippen molar-refractivity contribution in [1.82, 2.24) is 0 Å². The van der Waals surface area contributed by atoms with Gasteiger partial charge in [0, 0.05) is 0 Å². The maximum atomic E-state index is 10.8. The van der Waals surface area contributed by atoms with Gasteiger partial charge in [0.15, 0.2) is 0 Å². The van der Waals surface area contributed by atoms with Crippen LogP contribution in [0.3, 0.4) is 0 Å². The van der Waals surface area contributed by atoms with Crippen LogP contribution in [0.5, 0.6) is 0 Å². The second kappa shape index (κ2) is 5.51. The van der Waals surface area contributed by atoms with Crippen molar-refractivity contribution < 1.29 is 24.7 Å². The monoisotopic (exact) mass is 288 g/mol. The summed E-state index contributed by atoms with van der Waals surface area (Å²) in [6, 6.07) is 0.928. The Morgan fingerprint density at radius 3 is 1.60 bits per heavy atom. The Labute approximate surface area is 107 Å². The fraction of sp³-hybridized carbons (Fsp3) is 0.143. The highest BCUT2D eigenvalue weighted by Crippen LogP contribution is 2.34. The van der Waals surface area contributed by atoms with Gasteiger partial charge in [-0.25, -0.2) is 0 Å². The number of nitrogens with zero attached hydrogens (tertiary/aromatic N) is 4. The number of nitro benzene ring substituents is 3. The molecule has 0 saturated heterocycles. The average Bonchev–Trinajstić information content (AvgIpc) is 2.34. The lowest BCUT2D eigenvalue weighted by atomic mass is 10.1. The highest BCUT2D eigenvalue weighted by molar-refractivity contribution is 5.60. The van der Waals surface area contributed by atoms with Crippen LogP contribution in [-0.4, -0.2) is 19.9 Å². The van der Waals surface area contributed by atoms with Crippen molar-refractivity contribution in [2.24, 2.45) is 0 Å². The lowest BCUT2D eigenvalue weighted by Crippen LogP contribution is -2.07. The first-order valence-corrected chi connectivity index (χ1v) is 4.61. The number of hydrogen-bond donors (Lipinski definition) is 0. The molecule has 1 aromatic carbocycles. The molecule has 0 bridgehead atoms. The molecule has 0 radical (unpaired) electrons. The van der Waals surface area contributed by atoms with Crippen LogP contribution in [0.25, 0.3) is 0 Å². The third-order valence-corrected chi connectivity index (χ3v) is 2.11. The van der Waals surface area contributed by atoms with Crippen LogP contribution in [0.1, 0.15) is 5.56 Å². The first-order chi connectivity index (χ1) is 9.23. The molecule has 0 N–H and O–H groups in total. The van der Waals surface area contributed by atoms with E-state index >= 15 is 0 Å². The molecule has 0 aliphatic rings. The summed E-state index contributed by atoms with van der Waals surface area (Å²) in [7, 11) is 0. The van der Waals surface area contributed by atoms with Crippen LogP contribution < -0.4 is 0 Å². The molecule has 1 rings (SSSR count). The zero-order valence-corrected chi connectivity index (χ0v) is 9.32. The minimum absolute atomic E-state index is 0.464. The van der Waals surface area contributed by atoms with Crippen LogP contribution >= 0.6 is 0 Å². The third kappa shape index (κ3) is 3.09. The molecule has 106 valence electrons. The number of rotatable bonds is 6. The van der Waals surface area contributed by atoms with Crippen molar-refractivity contribution in [3.63, 3.8) is 0 Å². The van der Waals surface area contributed by atoms with E-state index in [1.807, 2.05) is 0 Å². The lowest BCUT2D eigenvalue weighted by molar-refractivity contribution is -0.763. The van der Waals surface area contributed by atoms with Crippen molar-refractivity contribution in [2.75, 3.05) is 0 Å². The fourth-order valence-electron chi connectivity index (χ4n) is 1.32. The summed E-state index contributed by atoms with van der Waals surface area (Å²) in [6.45, 7) is -1.07. The molecular formula is C7H4N4O9. The molecule has 0 aliphatic carbocycles. The maximum absolute atomic E-state index is 10.8. The molecule has 0 atom stereocenters. The van der Waals surface area contributed by atoms with E-state index in [9.17, 15) is 40.5 Å². The Kier molecular flexibility index (Phi) is 4.04. The molecule has 0 unspecified atom stereocenters. The molecular weight excluding hydrogens is 284 g/mol. The van der Waals surface area contributed by atoms with E-state index in [4.69, 9.17) is 0 Å². The number of non-ortho nitro benzene ring substituents is 1. The van der Waals surface area contributed by atoms with E-state index in [1.165, 1.54) is 0 Å². The molecule has 0 aliphatic heterocycles. The fourth-order valence-corrected chi connectivity index (χ4v) is 1.32. The SMILES string of the molecule is O=[N+]([O-])OCc1c([N+](=O)[O-])cc([N+](=O)[O-])cc1[N+](=O)[O-]. The summed E-state index contributed by atoms with van der Waals surface area (Å²) >= 11 is 0. The summed E-state index contributed by atoms with van der Waals surface area (Å²) in [5, 5.41) is 40.8. The smallest absolute Gasteiger partial charge is 0.294 e. The summed E-state index contributed by atoms with van der Waals surface area (Å²) in [6.07, 6.45) is 0. The summed E-state index contributed by atoms with van der Waals surface area (Å²) in [5.41, 5.74) is -3.63. The number of benzene rings is 1. The summed E-state index contributed by atoms with van der Waals surface area (Å²) in [5.74, 6) is 0. The molecule has 20 heavy (non-hydrogen) atoms. The van der Waals surface area contributed by atoms with Crippen molar-refractivity contribution in [2.45, 2.75) is 6.61 Å². The normalized spacial score (nSPS) is 9.80. The van der Waals surface area contributed by atoms with Crippen molar-refractivity contribution in [1.29, 1.82) is 0 Å². The third-order valence-electron chi connectivity index (χ3n) is 2.11. The Hall–Kier alpha value is -3.38. The van der Waals surface area contributed by atoms with E-state index in [2.05, 4.69) is 4.84 Å². The first-order valence-electron chi connectivity index (χ1n) is 4.61. The van der Waals surface area contributed by atoms with Gasteiger partial charge in [-0.05, 0) is 0 Å². The predicted molar refractivity (Wildman–Crippen MR) is 58.2 cm³/mol. The highest BCUT2D eigenvalue weighted by atomic mass is 16.9. The molecule has 0 spiro atoms. The quantitative estimate of drug-likeness (QED) is 0.546. The van der Waals surface area contributed by atoms with E-state index < -0.39 is 49.1 Å². The van der Waals surface area contributed by atoms with E-state index in [0.717, 1.165) is 0 Å². The molecule has 13 heteroatoms. The minimum Gasteiger partial charge on any atom is -0.309 e. The predicted octanol–water partition coefficient (Wildman–Crippen LogP) is 1.12. The van der Waals surface area contributed by atoms with Crippen LogP contribution in [0.15, 0.2) is 12.1 Å². The van der Waals surface area contributed by atoms with E-state index in [-0.39, 0.29) is 0 Å². The minimum atomic E-state index is -1.30. The van der Waals surface area contributed by atoms with Crippen LogP contribution in [0.2, 0.25) is 0 Å². The number of nitro groups is 3. The van der Waals surface area contributed by atoms with Gasteiger partial charge >= 0.3 is 0 Å². The van der Waals surface area contributed by atoms with Gasteiger partial charge in [-0.2, -0.15) is 0 Å². The number of hydrogen-bond acceptors (Lipinski definition) is 9. The van der Waals surface area contributed by atoms with Gasteiger partial charge in [0.2, 0.25) is 0 Å². The second-order valence-electron chi connectivity index (χ2n) is 3.23. The zero-order chi connectivity index (χ0) is 15.4. The highest BCUT2D eigenvalue weighted by Gasteiger charge is 2.30. The van der Waals surface area contributed by atoms with Crippen molar-refractivity contribution >= 4 is 17.1 Å².